The molecule has 156 valence electrons. The fourth-order valence-electron chi connectivity index (χ4n) is 4.03. The maximum absolute atomic E-state index is 14.0. The smallest absolute Gasteiger partial charge is 0.319 e. The number of urea groups is 1. The molecule has 0 saturated carbocycles. The Labute approximate surface area is 175 Å². The minimum atomic E-state index is -0.391. The van der Waals surface area contributed by atoms with Gasteiger partial charge in [-0.25, -0.2) is 9.18 Å². The van der Waals surface area contributed by atoms with E-state index in [1.165, 1.54) is 12.1 Å². The molecule has 0 radical (unpaired) electrons. The number of hydrogen-bond donors (Lipinski definition) is 3. The summed E-state index contributed by atoms with van der Waals surface area (Å²) in [6, 6.07) is 17.5. The number of halogens is 1. The van der Waals surface area contributed by atoms with Crippen LogP contribution >= 0.6 is 0 Å². The van der Waals surface area contributed by atoms with Crippen LogP contribution in [-0.4, -0.2) is 30.3 Å². The summed E-state index contributed by atoms with van der Waals surface area (Å²) < 4.78 is 14.0. The summed E-state index contributed by atoms with van der Waals surface area (Å²) in [6.45, 7) is 3.25. The SMILES string of the molecule is CC(NC(=O)Nc1cccc2ccccc12)c1cc(F)ccc1N1CCC(O)CC1. The van der Waals surface area contributed by atoms with E-state index in [0.29, 0.717) is 25.9 Å². The lowest BCUT2D eigenvalue weighted by Crippen LogP contribution is -2.37. The first-order valence-corrected chi connectivity index (χ1v) is 10.3. The van der Waals surface area contributed by atoms with Crippen molar-refractivity contribution in [2.45, 2.75) is 31.9 Å². The highest BCUT2D eigenvalue weighted by Crippen LogP contribution is 2.30. The molecule has 2 amide bonds. The van der Waals surface area contributed by atoms with Gasteiger partial charge >= 0.3 is 6.03 Å². The van der Waals surface area contributed by atoms with E-state index in [-0.39, 0.29) is 18.0 Å². The average molecular weight is 407 g/mol. The van der Waals surface area contributed by atoms with Crippen LogP contribution in [0, 0.1) is 5.82 Å². The van der Waals surface area contributed by atoms with Crippen molar-refractivity contribution in [3.8, 4) is 0 Å². The number of amides is 2. The summed E-state index contributed by atoms with van der Waals surface area (Å²) in [7, 11) is 0. The van der Waals surface area contributed by atoms with E-state index >= 15 is 0 Å². The number of carbonyl (C=O) groups is 1. The molecule has 3 aromatic rings. The summed E-state index contributed by atoms with van der Waals surface area (Å²) in [5, 5.41) is 17.6. The molecule has 1 unspecified atom stereocenters. The van der Waals surface area contributed by atoms with Crippen molar-refractivity contribution in [2.75, 3.05) is 23.3 Å². The molecule has 0 spiro atoms. The highest BCUT2D eigenvalue weighted by molar-refractivity contribution is 6.01. The van der Waals surface area contributed by atoms with Gasteiger partial charge in [0.1, 0.15) is 5.82 Å². The van der Waals surface area contributed by atoms with Crippen LogP contribution in [0.15, 0.2) is 60.7 Å². The molecule has 1 saturated heterocycles. The van der Waals surface area contributed by atoms with E-state index in [2.05, 4.69) is 15.5 Å². The lowest BCUT2D eigenvalue weighted by atomic mass is 10.0. The van der Waals surface area contributed by atoms with E-state index in [9.17, 15) is 14.3 Å². The lowest BCUT2D eigenvalue weighted by molar-refractivity contribution is 0.145. The van der Waals surface area contributed by atoms with Crippen LogP contribution in [0.3, 0.4) is 0 Å². The Morgan fingerprint density at radius 3 is 2.63 bits per heavy atom. The third kappa shape index (κ3) is 4.39. The van der Waals surface area contributed by atoms with E-state index in [1.54, 1.807) is 6.07 Å². The molecule has 30 heavy (non-hydrogen) atoms. The van der Waals surface area contributed by atoms with E-state index in [1.807, 2.05) is 49.4 Å². The molecule has 0 aromatic heterocycles. The molecule has 1 aliphatic rings. The number of piperidine rings is 1. The summed E-state index contributed by atoms with van der Waals surface area (Å²) in [4.78, 5) is 14.8. The average Bonchev–Trinajstić information content (AvgIpc) is 2.74. The van der Waals surface area contributed by atoms with Gasteiger partial charge in [-0.15, -0.1) is 0 Å². The number of carbonyl (C=O) groups excluding carboxylic acids is 1. The van der Waals surface area contributed by atoms with Gasteiger partial charge < -0.3 is 20.6 Å². The number of fused-ring (bicyclic) bond motifs is 1. The van der Waals surface area contributed by atoms with Crippen LogP contribution in [0.2, 0.25) is 0 Å². The fourth-order valence-corrected chi connectivity index (χ4v) is 4.03. The summed E-state index contributed by atoms with van der Waals surface area (Å²) in [5.41, 5.74) is 2.34. The number of rotatable bonds is 4. The molecular formula is C24H26FN3O2. The largest absolute Gasteiger partial charge is 0.393 e. The first kappa shape index (κ1) is 20.2. The number of anilines is 2. The number of benzene rings is 3. The monoisotopic (exact) mass is 407 g/mol. The van der Waals surface area contributed by atoms with E-state index < -0.39 is 6.04 Å². The predicted molar refractivity (Wildman–Crippen MR) is 118 cm³/mol. The molecule has 1 heterocycles. The number of aliphatic hydroxyl groups is 1. The second-order valence-corrected chi connectivity index (χ2v) is 7.77. The first-order chi connectivity index (χ1) is 14.5. The van der Waals surface area contributed by atoms with Crippen molar-refractivity contribution in [1.29, 1.82) is 0 Å². The molecule has 1 atom stereocenters. The van der Waals surface area contributed by atoms with Crippen LogP contribution in [-0.2, 0) is 0 Å². The predicted octanol–water partition coefficient (Wildman–Crippen LogP) is 4.82. The molecule has 1 aliphatic heterocycles. The standard InChI is InChI=1S/C24H26FN3O2/c1-16(21-15-18(25)9-10-23(21)28-13-11-19(29)12-14-28)26-24(30)27-22-8-4-6-17-5-2-3-7-20(17)22/h2-10,15-16,19,29H,11-14H2,1H3,(H2,26,27,30). The minimum Gasteiger partial charge on any atom is -0.393 e. The van der Waals surface area contributed by atoms with Crippen LogP contribution in [0.4, 0.5) is 20.6 Å². The summed E-state index contributed by atoms with van der Waals surface area (Å²) in [5.74, 6) is -0.339. The Morgan fingerprint density at radius 1 is 1.10 bits per heavy atom. The Morgan fingerprint density at radius 2 is 1.83 bits per heavy atom. The van der Waals surface area contributed by atoms with Gasteiger partial charge in [-0.1, -0.05) is 36.4 Å². The summed E-state index contributed by atoms with van der Waals surface area (Å²) in [6.07, 6.45) is 1.08. The maximum atomic E-state index is 14.0. The zero-order valence-electron chi connectivity index (χ0n) is 16.9. The third-order valence-corrected chi connectivity index (χ3v) is 5.65. The van der Waals surface area contributed by atoms with Crippen molar-refractivity contribution in [2.24, 2.45) is 0 Å². The van der Waals surface area contributed by atoms with E-state index in [0.717, 1.165) is 27.7 Å². The van der Waals surface area contributed by atoms with Crippen molar-refractivity contribution in [1.82, 2.24) is 5.32 Å². The van der Waals surface area contributed by atoms with E-state index in [4.69, 9.17) is 0 Å². The normalized spacial score (nSPS) is 15.8. The Balaban J connectivity index is 1.51. The topological polar surface area (TPSA) is 64.6 Å². The molecule has 4 rings (SSSR count). The van der Waals surface area contributed by atoms with Gasteiger partial charge in [0.05, 0.1) is 17.8 Å². The van der Waals surface area contributed by atoms with Crippen LogP contribution in [0.1, 0.15) is 31.4 Å². The molecular weight excluding hydrogens is 381 g/mol. The van der Waals surface area contributed by atoms with Gasteiger partial charge in [-0.2, -0.15) is 0 Å². The van der Waals surface area contributed by atoms with Crippen molar-refractivity contribution in [3.05, 3.63) is 72.0 Å². The minimum absolute atomic E-state index is 0.285. The highest BCUT2D eigenvalue weighted by atomic mass is 19.1. The van der Waals surface area contributed by atoms with Gasteiger partial charge in [0.25, 0.3) is 0 Å². The van der Waals surface area contributed by atoms with Crippen LogP contribution < -0.4 is 15.5 Å². The van der Waals surface area contributed by atoms with Crippen molar-refractivity contribution in [3.63, 3.8) is 0 Å². The van der Waals surface area contributed by atoms with Gasteiger partial charge in [-0.05, 0) is 49.4 Å². The zero-order chi connectivity index (χ0) is 21.1. The molecule has 3 aromatic carbocycles. The number of hydrogen-bond acceptors (Lipinski definition) is 3. The van der Waals surface area contributed by atoms with Crippen LogP contribution in [0.5, 0.6) is 0 Å². The number of aliphatic hydroxyl groups excluding tert-OH is 1. The number of nitrogens with zero attached hydrogens (tertiary/aromatic N) is 1. The maximum Gasteiger partial charge on any atom is 0.319 e. The van der Waals surface area contributed by atoms with Crippen molar-refractivity contribution < 1.29 is 14.3 Å². The molecule has 1 fully saturated rings. The van der Waals surface area contributed by atoms with Gasteiger partial charge in [-0.3, -0.25) is 0 Å². The number of nitrogens with one attached hydrogen (secondary N) is 2. The quantitative estimate of drug-likeness (QED) is 0.581. The Hall–Kier alpha value is -3.12. The Kier molecular flexibility index (Phi) is 5.86. The second-order valence-electron chi connectivity index (χ2n) is 7.77. The lowest BCUT2D eigenvalue weighted by Gasteiger charge is -2.34. The summed E-state index contributed by atoms with van der Waals surface area (Å²) >= 11 is 0. The zero-order valence-corrected chi connectivity index (χ0v) is 16.9. The van der Waals surface area contributed by atoms with Crippen molar-refractivity contribution >= 4 is 28.2 Å². The van der Waals surface area contributed by atoms with Gasteiger partial charge in [0.15, 0.2) is 0 Å². The Bertz CT molecular complexity index is 1040. The molecule has 0 bridgehead atoms. The first-order valence-electron chi connectivity index (χ1n) is 10.3. The molecule has 0 aliphatic carbocycles. The highest BCUT2D eigenvalue weighted by Gasteiger charge is 2.22. The van der Waals surface area contributed by atoms with Crippen LogP contribution in [0.25, 0.3) is 10.8 Å². The molecule has 6 heteroatoms. The van der Waals surface area contributed by atoms with Gasteiger partial charge in [0.2, 0.25) is 0 Å². The van der Waals surface area contributed by atoms with Gasteiger partial charge in [0, 0.05) is 29.7 Å². The molecule has 5 nitrogen and oxygen atoms in total. The second kappa shape index (κ2) is 8.71. The fraction of sp³-hybridized carbons (Fsp3) is 0.292. The third-order valence-electron chi connectivity index (χ3n) is 5.65. The molecule has 3 N–H and O–H groups in total.